The summed E-state index contributed by atoms with van der Waals surface area (Å²) in [4.78, 5) is 0. The van der Waals surface area contributed by atoms with Gasteiger partial charge in [0.2, 0.25) is 0 Å². The van der Waals surface area contributed by atoms with Crippen LogP contribution in [0.15, 0.2) is 18.2 Å². The molecule has 0 saturated heterocycles. The standard InChI is InChI=1S/C17H25F2NO/c1-2-16(12-6-4-3-5-7-12)20-11-17(21)13-8-9-14(18)15(19)10-13/h8-10,12,16-17,20-21H,2-7,11H2,1H3. The maximum absolute atomic E-state index is 13.2. The topological polar surface area (TPSA) is 32.3 Å². The Labute approximate surface area is 125 Å². The van der Waals surface area contributed by atoms with Crippen molar-refractivity contribution in [2.75, 3.05) is 6.54 Å². The first-order valence-corrected chi connectivity index (χ1v) is 7.98. The van der Waals surface area contributed by atoms with Crippen molar-refractivity contribution in [1.29, 1.82) is 0 Å². The van der Waals surface area contributed by atoms with Gasteiger partial charge in [-0.1, -0.05) is 32.3 Å². The molecule has 1 aliphatic rings. The number of rotatable bonds is 6. The molecule has 2 unspecified atom stereocenters. The van der Waals surface area contributed by atoms with Crippen molar-refractivity contribution in [1.82, 2.24) is 5.32 Å². The molecule has 1 saturated carbocycles. The van der Waals surface area contributed by atoms with Crippen LogP contribution in [0.4, 0.5) is 8.78 Å². The molecule has 0 aliphatic heterocycles. The van der Waals surface area contributed by atoms with Crippen LogP contribution in [-0.4, -0.2) is 17.7 Å². The maximum atomic E-state index is 13.2. The predicted molar refractivity (Wildman–Crippen MR) is 80.0 cm³/mol. The van der Waals surface area contributed by atoms with Crippen LogP contribution in [0, 0.1) is 17.6 Å². The van der Waals surface area contributed by atoms with Crippen molar-refractivity contribution >= 4 is 0 Å². The van der Waals surface area contributed by atoms with E-state index in [0.29, 0.717) is 24.1 Å². The van der Waals surface area contributed by atoms with Gasteiger partial charge in [0.25, 0.3) is 0 Å². The molecule has 0 aromatic heterocycles. The van der Waals surface area contributed by atoms with Crippen molar-refractivity contribution in [3.63, 3.8) is 0 Å². The SMILES string of the molecule is CCC(NCC(O)c1ccc(F)c(F)c1)C1CCCCC1. The fourth-order valence-electron chi connectivity index (χ4n) is 3.28. The summed E-state index contributed by atoms with van der Waals surface area (Å²) in [6.07, 6.45) is 6.60. The monoisotopic (exact) mass is 297 g/mol. The number of aliphatic hydroxyl groups excluding tert-OH is 1. The van der Waals surface area contributed by atoms with Gasteiger partial charge in [-0.3, -0.25) is 0 Å². The largest absolute Gasteiger partial charge is 0.387 e. The number of benzene rings is 1. The highest BCUT2D eigenvalue weighted by Crippen LogP contribution is 2.28. The lowest BCUT2D eigenvalue weighted by molar-refractivity contribution is 0.156. The van der Waals surface area contributed by atoms with E-state index in [-0.39, 0.29) is 0 Å². The minimum Gasteiger partial charge on any atom is -0.387 e. The quantitative estimate of drug-likeness (QED) is 0.833. The van der Waals surface area contributed by atoms with Gasteiger partial charge in [-0.2, -0.15) is 0 Å². The molecule has 0 bridgehead atoms. The molecular weight excluding hydrogens is 272 g/mol. The molecule has 1 aliphatic carbocycles. The zero-order chi connectivity index (χ0) is 15.2. The lowest BCUT2D eigenvalue weighted by Crippen LogP contribution is -2.39. The molecule has 0 radical (unpaired) electrons. The van der Waals surface area contributed by atoms with Crippen LogP contribution in [0.5, 0.6) is 0 Å². The Hall–Kier alpha value is -1.00. The molecule has 2 nitrogen and oxygen atoms in total. The Morgan fingerprint density at radius 2 is 1.90 bits per heavy atom. The van der Waals surface area contributed by atoms with Crippen LogP contribution < -0.4 is 5.32 Å². The minimum absolute atomic E-state index is 0.375. The van der Waals surface area contributed by atoms with Crippen molar-refractivity contribution in [2.45, 2.75) is 57.6 Å². The second kappa shape index (κ2) is 7.85. The fourth-order valence-corrected chi connectivity index (χ4v) is 3.28. The first kappa shape index (κ1) is 16.4. The van der Waals surface area contributed by atoms with Crippen LogP contribution in [0.2, 0.25) is 0 Å². The Morgan fingerprint density at radius 1 is 1.19 bits per heavy atom. The summed E-state index contributed by atoms with van der Waals surface area (Å²) >= 11 is 0. The molecule has 2 rings (SSSR count). The molecule has 118 valence electrons. The molecule has 2 atom stereocenters. The van der Waals surface area contributed by atoms with E-state index in [2.05, 4.69) is 12.2 Å². The third-order valence-electron chi connectivity index (χ3n) is 4.56. The molecule has 0 amide bonds. The zero-order valence-corrected chi connectivity index (χ0v) is 12.6. The molecule has 4 heteroatoms. The number of nitrogens with one attached hydrogen (secondary N) is 1. The molecule has 1 fully saturated rings. The Morgan fingerprint density at radius 3 is 2.52 bits per heavy atom. The van der Waals surface area contributed by atoms with Gasteiger partial charge in [-0.25, -0.2) is 8.78 Å². The van der Waals surface area contributed by atoms with Crippen molar-refractivity contribution < 1.29 is 13.9 Å². The van der Waals surface area contributed by atoms with Crippen molar-refractivity contribution in [3.05, 3.63) is 35.4 Å². The minimum atomic E-state index is -0.911. The smallest absolute Gasteiger partial charge is 0.159 e. The van der Waals surface area contributed by atoms with Gasteiger partial charge in [0.1, 0.15) is 0 Å². The lowest BCUT2D eigenvalue weighted by atomic mass is 9.83. The highest BCUT2D eigenvalue weighted by molar-refractivity contribution is 5.20. The number of hydrogen-bond donors (Lipinski definition) is 2. The average molecular weight is 297 g/mol. The summed E-state index contributed by atoms with van der Waals surface area (Å²) in [5.41, 5.74) is 0.417. The van der Waals surface area contributed by atoms with Crippen molar-refractivity contribution in [2.24, 2.45) is 5.92 Å². The van der Waals surface area contributed by atoms with Crippen LogP contribution in [0.25, 0.3) is 0 Å². The molecule has 1 aromatic carbocycles. The van der Waals surface area contributed by atoms with Gasteiger partial charge in [-0.15, -0.1) is 0 Å². The molecule has 0 spiro atoms. The van der Waals surface area contributed by atoms with Gasteiger partial charge in [0.05, 0.1) is 6.10 Å². The Kier molecular flexibility index (Phi) is 6.12. The van der Waals surface area contributed by atoms with E-state index < -0.39 is 17.7 Å². The second-order valence-corrected chi connectivity index (χ2v) is 6.01. The number of halogens is 2. The molecule has 1 aromatic rings. The lowest BCUT2D eigenvalue weighted by Gasteiger charge is -2.31. The van der Waals surface area contributed by atoms with Gasteiger partial charge in [0.15, 0.2) is 11.6 Å². The predicted octanol–water partition coefficient (Wildman–Crippen LogP) is 3.95. The van der Waals surface area contributed by atoms with E-state index in [0.717, 1.165) is 18.6 Å². The summed E-state index contributed by atoms with van der Waals surface area (Å²) in [6.45, 7) is 2.52. The van der Waals surface area contributed by atoms with Crippen LogP contribution in [0.1, 0.15) is 57.1 Å². The summed E-state index contributed by atoms with van der Waals surface area (Å²) < 4.78 is 26.1. The number of hydrogen-bond acceptors (Lipinski definition) is 2. The number of aliphatic hydroxyl groups is 1. The van der Waals surface area contributed by atoms with E-state index in [4.69, 9.17) is 0 Å². The Balaban J connectivity index is 1.89. The zero-order valence-electron chi connectivity index (χ0n) is 12.6. The Bertz CT molecular complexity index is 446. The van der Waals surface area contributed by atoms with E-state index in [1.807, 2.05) is 0 Å². The van der Waals surface area contributed by atoms with Crippen LogP contribution in [0.3, 0.4) is 0 Å². The van der Waals surface area contributed by atoms with Gasteiger partial charge in [0, 0.05) is 12.6 Å². The molecule has 0 heterocycles. The molecular formula is C17H25F2NO. The summed E-state index contributed by atoms with van der Waals surface area (Å²) in [6, 6.07) is 3.97. The normalized spacial score (nSPS) is 19.4. The average Bonchev–Trinajstić information content (AvgIpc) is 2.51. The fraction of sp³-hybridized carbons (Fsp3) is 0.647. The first-order chi connectivity index (χ1) is 10.1. The summed E-state index contributed by atoms with van der Waals surface area (Å²) in [7, 11) is 0. The first-order valence-electron chi connectivity index (χ1n) is 7.98. The van der Waals surface area contributed by atoms with Crippen LogP contribution >= 0.6 is 0 Å². The molecule has 2 N–H and O–H groups in total. The van der Waals surface area contributed by atoms with Crippen molar-refractivity contribution in [3.8, 4) is 0 Å². The van der Waals surface area contributed by atoms with E-state index >= 15 is 0 Å². The van der Waals surface area contributed by atoms with Gasteiger partial charge >= 0.3 is 0 Å². The third-order valence-corrected chi connectivity index (χ3v) is 4.56. The maximum Gasteiger partial charge on any atom is 0.159 e. The summed E-state index contributed by atoms with van der Waals surface area (Å²) in [5, 5.41) is 13.5. The van der Waals surface area contributed by atoms with E-state index in [1.165, 1.54) is 38.2 Å². The van der Waals surface area contributed by atoms with E-state index in [1.54, 1.807) is 0 Å². The van der Waals surface area contributed by atoms with Gasteiger partial charge in [-0.05, 0) is 42.9 Å². The molecule has 21 heavy (non-hydrogen) atoms. The van der Waals surface area contributed by atoms with E-state index in [9.17, 15) is 13.9 Å². The van der Waals surface area contributed by atoms with Crippen LogP contribution in [-0.2, 0) is 0 Å². The second-order valence-electron chi connectivity index (χ2n) is 6.01. The van der Waals surface area contributed by atoms with Gasteiger partial charge < -0.3 is 10.4 Å². The highest BCUT2D eigenvalue weighted by atomic mass is 19.2. The third kappa shape index (κ3) is 4.48. The highest BCUT2D eigenvalue weighted by Gasteiger charge is 2.22. The summed E-state index contributed by atoms with van der Waals surface area (Å²) in [5.74, 6) is -1.13.